The van der Waals surface area contributed by atoms with Crippen molar-refractivity contribution >= 4 is 46.8 Å². The molecule has 0 aliphatic carbocycles. The monoisotopic (exact) mass is 740 g/mol. The van der Waals surface area contributed by atoms with Crippen LogP contribution in [0.5, 0.6) is 0 Å². The standard InChI is InChI=1S/C22H26O4S.C21H22O3S/c1-14-10-15(2)20(16(3)11-14)21(22(25)26-4)19(24)12-17(23)13-27-18-8-6-5-7-9-18;1-13-9-14(2)19(15(3)10-13)20-18(22)11-16(24-21(20)23)12-25-17-7-5-4-6-8-17/h5-11,17,21,23H,12-13H2,1-4H3;4-10,16,22H,11-12H2,1-3H3. The number of aliphatic hydroxyl groups excluding tert-OH is 2. The van der Waals surface area contributed by atoms with Gasteiger partial charge in [0.05, 0.1) is 13.2 Å². The number of aryl methyl sites for hydroxylation is 6. The van der Waals surface area contributed by atoms with Crippen LogP contribution < -0.4 is 0 Å². The van der Waals surface area contributed by atoms with E-state index in [4.69, 9.17) is 9.47 Å². The van der Waals surface area contributed by atoms with Gasteiger partial charge in [0.15, 0.2) is 5.78 Å². The highest BCUT2D eigenvalue weighted by Gasteiger charge is 2.34. The molecule has 1 aliphatic rings. The fourth-order valence-corrected chi connectivity index (χ4v) is 8.37. The maximum atomic E-state index is 12.9. The van der Waals surface area contributed by atoms with Gasteiger partial charge < -0.3 is 19.7 Å². The largest absolute Gasteiger partial charge is 0.511 e. The molecule has 0 saturated carbocycles. The molecule has 274 valence electrons. The van der Waals surface area contributed by atoms with Crippen LogP contribution >= 0.6 is 23.5 Å². The van der Waals surface area contributed by atoms with Crippen LogP contribution in [-0.4, -0.2) is 58.8 Å². The lowest BCUT2D eigenvalue weighted by Crippen LogP contribution is -2.28. The lowest BCUT2D eigenvalue weighted by atomic mass is 9.85. The predicted molar refractivity (Wildman–Crippen MR) is 210 cm³/mol. The van der Waals surface area contributed by atoms with Gasteiger partial charge in [-0.25, -0.2) is 4.79 Å². The molecule has 9 heteroatoms. The summed E-state index contributed by atoms with van der Waals surface area (Å²) in [5.74, 6) is -1.21. The molecule has 0 saturated heterocycles. The van der Waals surface area contributed by atoms with E-state index in [1.54, 1.807) is 11.8 Å². The van der Waals surface area contributed by atoms with Crippen molar-refractivity contribution in [2.45, 2.75) is 82.3 Å². The number of esters is 2. The quantitative estimate of drug-likeness (QED) is 0.0836. The zero-order valence-electron chi connectivity index (χ0n) is 30.9. The maximum absolute atomic E-state index is 12.9. The maximum Gasteiger partial charge on any atom is 0.342 e. The fraction of sp³-hybridized carbons (Fsp3) is 0.326. The van der Waals surface area contributed by atoms with Crippen LogP contribution in [-0.2, 0) is 23.9 Å². The predicted octanol–water partition coefficient (Wildman–Crippen LogP) is 8.97. The van der Waals surface area contributed by atoms with Crippen molar-refractivity contribution < 1.29 is 34.1 Å². The molecule has 0 bridgehead atoms. The number of rotatable bonds is 12. The van der Waals surface area contributed by atoms with E-state index in [1.165, 1.54) is 18.9 Å². The van der Waals surface area contributed by atoms with Crippen LogP contribution in [0.3, 0.4) is 0 Å². The number of ether oxygens (including phenoxy) is 2. The molecular weight excluding hydrogens is 693 g/mol. The first-order valence-electron chi connectivity index (χ1n) is 17.2. The number of ketones is 1. The molecule has 7 nitrogen and oxygen atoms in total. The Morgan fingerprint density at radius 1 is 0.808 bits per heavy atom. The SMILES string of the molecule is COC(=O)C(C(=O)CC(O)CSc1ccccc1)c1c(C)cc(C)cc1C.Cc1cc(C)c(C2=C(O)CC(CSc3ccccc3)OC2=O)c(C)c1. The second kappa shape index (κ2) is 19.0. The normalized spacial score (nSPS) is 15.2. The van der Waals surface area contributed by atoms with E-state index in [0.29, 0.717) is 29.1 Å². The average molecular weight is 741 g/mol. The number of thioether (sulfide) groups is 2. The summed E-state index contributed by atoms with van der Waals surface area (Å²) in [6, 6.07) is 27.6. The Morgan fingerprint density at radius 2 is 1.31 bits per heavy atom. The number of cyclic esters (lactones) is 1. The Hall–Kier alpha value is -4.31. The van der Waals surface area contributed by atoms with E-state index in [1.807, 2.05) is 126 Å². The van der Waals surface area contributed by atoms with Crippen LogP contribution in [0.2, 0.25) is 0 Å². The number of methoxy groups -OCH3 is 1. The summed E-state index contributed by atoms with van der Waals surface area (Å²) in [5, 5.41) is 20.9. The summed E-state index contributed by atoms with van der Waals surface area (Å²) >= 11 is 3.11. The third-order valence-electron chi connectivity index (χ3n) is 8.70. The molecule has 52 heavy (non-hydrogen) atoms. The topological polar surface area (TPSA) is 110 Å². The summed E-state index contributed by atoms with van der Waals surface area (Å²) in [6.45, 7) is 11.7. The van der Waals surface area contributed by atoms with Crippen LogP contribution in [0, 0.1) is 41.5 Å². The Morgan fingerprint density at radius 3 is 1.81 bits per heavy atom. The number of hydrogen-bond donors (Lipinski definition) is 2. The van der Waals surface area contributed by atoms with Crippen LogP contribution in [0.15, 0.2) is 100 Å². The molecule has 3 atom stereocenters. The van der Waals surface area contributed by atoms with E-state index in [9.17, 15) is 24.6 Å². The molecular formula is C43H48O7S2. The molecule has 0 fully saturated rings. The van der Waals surface area contributed by atoms with Crippen molar-refractivity contribution in [1.82, 2.24) is 0 Å². The van der Waals surface area contributed by atoms with Crippen molar-refractivity contribution in [2.24, 2.45) is 0 Å². The van der Waals surface area contributed by atoms with Gasteiger partial charge in [-0.3, -0.25) is 9.59 Å². The molecule has 1 heterocycles. The Kier molecular flexibility index (Phi) is 14.8. The Balaban J connectivity index is 0.000000233. The second-order valence-electron chi connectivity index (χ2n) is 13.2. The third kappa shape index (κ3) is 10.9. The molecule has 5 rings (SSSR count). The minimum atomic E-state index is -1.01. The van der Waals surface area contributed by atoms with Gasteiger partial charge in [-0.2, -0.15) is 0 Å². The van der Waals surface area contributed by atoms with E-state index in [2.05, 4.69) is 0 Å². The van der Waals surface area contributed by atoms with E-state index < -0.39 is 24.0 Å². The molecule has 2 N–H and O–H groups in total. The molecule has 4 aromatic rings. The van der Waals surface area contributed by atoms with Gasteiger partial charge in [0.2, 0.25) is 0 Å². The third-order valence-corrected chi connectivity index (χ3v) is 11.0. The first-order valence-corrected chi connectivity index (χ1v) is 19.2. The molecule has 0 spiro atoms. The lowest BCUT2D eigenvalue weighted by molar-refractivity contribution is -0.146. The number of hydrogen-bond acceptors (Lipinski definition) is 9. The molecule has 0 aromatic heterocycles. The highest BCUT2D eigenvalue weighted by Crippen LogP contribution is 2.34. The summed E-state index contributed by atoms with van der Waals surface area (Å²) in [4.78, 5) is 40.0. The molecule has 3 unspecified atom stereocenters. The minimum Gasteiger partial charge on any atom is -0.511 e. The van der Waals surface area contributed by atoms with Gasteiger partial charge in [-0.05, 0) is 99.2 Å². The first-order chi connectivity index (χ1) is 24.8. The second-order valence-corrected chi connectivity index (χ2v) is 15.4. The smallest absolute Gasteiger partial charge is 0.342 e. The zero-order chi connectivity index (χ0) is 37.9. The van der Waals surface area contributed by atoms with Crippen LogP contribution in [0.25, 0.3) is 5.57 Å². The summed E-state index contributed by atoms with van der Waals surface area (Å²) in [7, 11) is 1.28. The van der Waals surface area contributed by atoms with Crippen LogP contribution in [0.1, 0.15) is 63.3 Å². The van der Waals surface area contributed by atoms with Crippen molar-refractivity contribution in [3.63, 3.8) is 0 Å². The van der Waals surface area contributed by atoms with Gasteiger partial charge in [-0.15, -0.1) is 23.5 Å². The number of aliphatic hydroxyl groups is 2. The highest BCUT2D eigenvalue weighted by molar-refractivity contribution is 7.99. The Bertz CT molecular complexity index is 1860. The minimum absolute atomic E-state index is 0.0909. The van der Waals surface area contributed by atoms with Gasteiger partial charge >= 0.3 is 11.9 Å². The van der Waals surface area contributed by atoms with Gasteiger partial charge in [-0.1, -0.05) is 71.8 Å². The van der Waals surface area contributed by atoms with E-state index >= 15 is 0 Å². The number of benzene rings is 4. The van der Waals surface area contributed by atoms with Gasteiger partial charge in [0.1, 0.15) is 23.4 Å². The van der Waals surface area contributed by atoms with E-state index in [-0.39, 0.29) is 24.1 Å². The first kappa shape index (κ1) is 40.5. The van der Waals surface area contributed by atoms with Crippen molar-refractivity contribution in [1.29, 1.82) is 0 Å². The fourth-order valence-electron chi connectivity index (χ4n) is 6.60. The molecule has 0 amide bonds. The molecule has 0 radical (unpaired) electrons. The van der Waals surface area contributed by atoms with Gasteiger partial charge in [0.25, 0.3) is 0 Å². The Labute approximate surface area is 315 Å². The van der Waals surface area contributed by atoms with Crippen LogP contribution in [0.4, 0.5) is 0 Å². The number of carbonyl (C=O) groups excluding carboxylic acids is 3. The summed E-state index contributed by atoms with van der Waals surface area (Å²) in [6.07, 6.45) is -0.881. The van der Waals surface area contributed by atoms with Crippen molar-refractivity contribution in [2.75, 3.05) is 18.6 Å². The van der Waals surface area contributed by atoms with Crippen molar-refractivity contribution in [3.8, 4) is 0 Å². The number of Topliss-reactive ketones (excluding diaryl/α,β-unsaturated/α-hetero) is 1. The molecule has 4 aromatic carbocycles. The van der Waals surface area contributed by atoms with Gasteiger partial charge in [0, 0.05) is 34.1 Å². The summed E-state index contributed by atoms with van der Waals surface area (Å²) in [5.41, 5.74) is 7.72. The van der Waals surface area contributed by atoms with E-state index in [0.717, 1.165) is 48.7 Å². The summed E-state index contributed by atoms with van der Waals surface area (Å²) < 4.78 is 10.5. The lowest BCUT2D eigenvalue weighted by Gasteiger charge is -2.26. The van der Waals surface area contributed by atoms with Crippen molar-refractivity contribution in [3.05, 3.63) is 135 Å². The zero-order valence-corrected chi connectivity index (χ0v) is 32.5. The highest BCUT2D eigenvalue weighted by atomic mass is 32.2. The number of carbonyl (C=O) groups is 3. The average Bonchev–Trinajstić information content (AvgIpc) is 3.09. The molecule has 1 aliphatic heterocycles.